The van der Waals surface area contributed by atoms with Gasteiger partial charge in [0.25, 0.3) is 0 Å². The highest BCUT2D eigenvalue weighted by Gasteiger charge is 2.27. The molecular weight excluding hydrogens is 238 g/mol. The lowest BCUT2D eigenvalue weighted by Gasteiger charge is -2.13. The van der Waals surface area contributed by atoms with Gasteiger partial charge in [-0.15, -0.1) is 0 Å². The summed E-state index contributed by atoms with van der Waals surface area (Å²) in [5, 5.41) is 3.26. The van der Waals surface area contributed by atoms with Gasteiger partial charge in [-0.1, -0.05) is 12.1 Å². The molecule has 0 radical (unpaired) electrons. The first-order chi connectivity index (χ1) is 8.09. The van der Waals surface area contributed by atoms with Crippen LogP contribution >= 0.6 is 0 Å². The van der Waals surface area contributed by atoms with Gasteiger partial charge in [-0.05, 0) is 24.1 Å². The van der Waals surface area contributed by atoms with E-state index in [0.29, 0.717) is 18.8 Å². The Hall–Kier alpha value is -1.07. The van der Waals surface area contributed by atoms with E-state index in [1.165, 1.54) is 0 Å². The van der Waals surface area contributed by atoms with Crippen LogP contribution in [-0.4, -0.2) is 33.1 Å². The summed E-state index contributed by atoms with van der Waals surface area (Å²) < 4.78 is 27.7. The SMILES string of the molecule is COCc1cccc(NC2CCS(=O)(=O)C2)c1. The lowest BCUT2D eigenvalue weighted by molar-refractivity contribution is 0.185. The lowest BCUT2D eigenvalue weighted by atomic mass is 10.2. The molecule has 94 valence electrons. The summed E-state index contributed by atoms with van der Waals surface area (Å²) in [6, 6.07) is 7.91. The summed E-state index contributed by atoms with van der Waals surface area (Å²) in [5.41, 5.74) is 2.04. The van der Waals surface area contributed by atoms with Crippen LogP contribution in [0, 0.1) is 0 Å². The average Bonchev–Trinajstić information content (AvgIpc) is 2.59. The Morgan fingerprint density at radius 3 is 2.94 bits per heavy atom. The van der Waals surface area contributed by atoms with E-state index in [1.807, 2.05) is 24.3 Å². The van der Waals surface area contributed by atoms with Gasteiger partial charge in [0.05, 0.1) is 18.1 Å². The van der Waals surface area contributed by atoms with Crippen LogP contribution < -0.4 is 5.32 Å². The molecule has 17 heavy (non-hydrogen) atoms. The molecule has 5 heteroatoms. The van der Waals surface area contributed by atoms with Crippen molar-refractivity contribution < 1.29 is 13.2 Å². The van der Waals surface area contributed by atoms with Gasteiger partial charge in [0, 0.05) is 18.8 Å². The Balaban J connectivity index is 2.01. The monoisotopic (exact) mass is 255 g/mol. The zero-order chi connectivity index (χ0) is 12.3. The van der Waals surface area contributed by atoms with Crippen LogP contribution in [-0.2, 0) is 21.2 Å². The first-order valence-electron chi connectivity index (χ1n) is 5.64. The normalized spacial score (nSPS) is 22.5. The number of sulfone groups is 1. The van der Waals surface area contributed by atoms with Crippen molar-refractivity contribution in [3.05, 3.63) is 29.8 Å². The predicted octanol–water partition coefficient (Wildman–Crippen LogP) is 1.43. The fourth-order valence-electron chi connectivity index (χ4n) is 2.06. The highest BCUT2D eigenvalue weighted by atomic mass is 32.2. The second-order valence-electron chi connectivity index (χ2n) is 4.38. The van der Waals surface area contributed by atoms with Crippen LogP contribution in [0.1, 0.15) is 12.0 Å². The Morgan fingerprint density at radius 2 is 2.29 bits per heavy atom. The number of methoxy groups -OCH3 is 1. The van der Waals surface area contributed by atoms with Gasteiger partial charge >= 0.3 is 0 Å². The summed E-state index contributed by atoms with van der Waals surface area (Å²) in [4.78, 5) is 0. The standard InChI is InChI=1S/C12H17NO3S/c1-16-8-10-3-2-4-11(7-10)13-12-5-6-17(14,15)9-12/h2-4,7,12-13H,5-6,8-9H2,1H3. The molecule has 1 saturated heterocycles. The van der Waals surface area contributed by atoms with Crippen LogP contribution in [0.4, 0.5) is 5.69 Å². The Morgan fingerprint density at radius 1 is 1.47 bits per heavy atom. The van der Waals surface area contributed by atoms with Crippen molar-refractivity contribution in [1.82, 2.24) is 0 Å². The van der Waals surface area contributed by atoms with Crippen molar-refractivity contribution >= 4 is 15.5 Å². The van der Waals surface area contributed by atoms with E-state index in [0.717, 1.165) is 11.3 Å². The van der Waals surface area contributed by atoms with Crippen molar-refractivity contribution in [1.29, 1.82) is 0 Å². The third kappa shape index (κ3) is 3.44. The average molecular weight is 255 g/mol. The van der Waals surface area contributed by atoms with E-state index in [2.05, 4.69) is 5.32 Å². The van der Waals surface area contributed by atoms with Crippen molar-refractivity contribution in [2.45, 2.75) is 19.1 Å². The fraction of sp³-hybridized carbons (Fsp3) is 0.500. The van der Waals surface area contributed by atoms with E-state index in [4.69, 9.17) is 4.74 Å². The van der Waals surface area contributed by atoms with Crippen molar-refractivity contribution in [3.8, 4) is 0 Å². The van der Waals surface area contributed by atoms with Crippen molar-refractivity contribution in [3.63, 3.8) is 0 Å². The summed E-state index contributed by atoms with van der Waals surface area (Å²) in [6.45, 7) is 0.568. The molecule has 0 aromatic heterocycles. The van der Waals surface area contributed by atoms with E-state index >= 15 is 0 Å². The summed E-state index contributed by atoms with van der Waals surface area (Å²) in [6.07, 6.45) is 0.691. The van der Waals surface area contributed by atoms with Crippen LogP contribution in [0.15, 0.2) is 24.3 Å². The maximum Gasteiger partial charge on any atom is 0.152 e. The number of hydrogen-bond donors (Lipinski definition) is 1. The van der Waals surface area contributed by atoms with Crippen molar-refractivity contribution in [2.75, 3.05) is 23.9 Å². The molecule has 0 aliphatic carbocycles. The minimum atomic E-state index is -2.82. The number of rotatable bonds is 4. The van der Waals surface area contributed by atoms with Gasteiger partial charge < -0.3 is 10.1 Å². The van der Waals surface area contributed by atoms with E-state index in [1.54, 1.807) is 7.11 Å². The first-order valence-corrected chi connectivity index (χ1v) is 7.46. The number of anilines is 1. The minimum Gasteiger partial charge on any atom is -0.381 e. The molecule has 1 aromatic carbocycles. The zero-order valence-electron chi connectivity index (χ0n) is 9.85. The maximum atomic E-state index is 11.3. The van der Waals surface area contributed by atoms with Crippen LogP contribution in [0.3, 0.4) is 0 Å². The molecule has 1 N–H and O–H groups in total. The highest BCUT2D eigenvalue weighted by molar-refractivity contribution is 7.91. The molecule has 1 aromatic rings. The summed E-state index contributed by atoms with van der Waals surface area (Å²) in [7, 11) is -1.17. The van der Waals surface area contributed by atoms with Gasteiger partial charge in [-0.2, -0.15) is 0 Å². The molecule has 4 nitrogen and oxygen atoms in total. The summed E-state index contributed by atoms with van der Waals surface area (Å²) >= 11 is 0. The number of ether oxygens (including phenoxy) is 1. The number of nitrogens with one attached hydrogen (secondary N) is 1. The predicted molar refractivity (Wildman–Crippen MR) is 67.8 cm³/mol. The van der Waals surface area contributed by atoms with E-state index in [-0.39, 0.29) is 11.8 Å². The molecule has 1 atom stereocenters. The summed E-state index contributed by atoms with van der Waals surface area (Å²) in [5.74, 6) is 0.532. The third-order valence-electron chi connectivity index (χ3n) is 2.84. The number of hydrogen-bond acceptors (Lipinski definition) is 4. The molecule has 1 fully saturated rings. The topological polar surface area (TPSA) is 55.4 Å². The number of benzene rings is 1. The lowest BCUT2D eigenvalue weighted by Crippen LogP contribution is -2.20. The van der Waals surface area contributed by atoms with E-state index in [9.17, 15) is 8.42 Å². The second-order valence-corrected chi connectivity index (χ2v) is 6.61. The van der Waals surface area contributed by atoms with Crippen LogP contribution in [0.5, 0.6) is 0 Å². The fourth-order valence-corrected chi connectivity index (χ4v) is 3.74. The largest absolute Gasteiger partial charge is 0.381 e. The second kappa shape index (κ2) is 5.06. The molecule has 0 saturated carbocycles. The quantitative estimate of drug-likeness (QED) is 0.884. The molecule has 2 rings (SSSR count). The van der Waals surface area contributed by atoms with Crippen LogP contribution in [0.2, 0.25) is 0 Å². The third-order valence-corrected chi connectivity index (χ3v) is 4.61. The Bertz CT molecular complexity index is 484. The molecule has 0 spiro atoms. The highest BCUT2D eigenvalue weighted by Crippen LogP contribution is 2.18. The van der Waals surface area contributed by atoms with Crippen molar-refractivity contribution in [2.24, 2.45) is 0 Å². The van der Waals surface area contributed by atoms with E-state index < -0.39 is 9.84 Å². The molecule has 0 amide bonds. The zero-order valence-corrected chi connectivity index (χ0v) is 10.7. The molecule has 1 unspecified atom stereocenters. The Kier molecular flexibility index (Phi) is 3.69. The van der Waals surface area contributed by atoms with Gasteiger partial charge in [0.15, 0.2) is 9.84 Å². The molecule has 0 bridgehead atoms. The molecule has 1 aliphatic heterocycles. The minimum absolute atomic E-state index is 0.0396. The Labute approximate surface area is 102 Å². The molecular formula is C12H17NO3S. The molecule has 1 aliphatic rings. The smallest absolute Gasteiger partial charge is 0.152 e. The maximum absolute atomic E-state index is 11.3. The van der Waals surface area contributed by atoms with Gasteiger partial charge in [0.2, 0.25) is 0 Å². The van der Waals surface area contributed by atoms with Crippen LogP contribution in [0.25, 0.3) is 0 Å². The first kappa shape index (κ1) is 12.4. The van der Waals surface area contributed by atoms with Gasteiger partial charge in [-0.25, -0.2) is 8.42 Å². The van der Waals surface area contributed by atoms with Gasteiger partial charge in [-0.3, -0.25) is 0 Å². The van der Waals surface area contributed by atoms with Gasteiger partial charge in [0.1, 0.15) is 0 Å². The molecule has 1 heterocycles.